The number of nitro benzene ring substituents is 1. The number of rotatable bonds is 6. The Morgan fingerprint density at radius 1 is 1.04 bits per heavy atom. The molecule has 6 nitrogen and oxygen atoms in total. The van der Waals surface area contributed by atoms with E-state index in [1.165, 1.54) is 6.07 Å². The second-order valence-electron chi connectivity index (χ2n) is 5.61. The first kappa shape index (κ1) is 17.4. The molecule has 3 aromatic rings. The van der Waals surface area contributed by atoms with Crippen molar-refractivity contribution in [1.29, 1.82) is 0 Å². The van der Waals surface area contributed by atoms with Crippen molar-refractivity contribution in [2.75, 3.05) is 13.1 Å². The molecule has 3 rings (SSSR count). The van der Waals surface area contributed by atoms with E-state index in [0.717, 1.165) is 16.7 Å². The fourth-order valence-corrected chi connectivity index (χ4v) is 2.73. The van der Waals surface area contributed by atoms with Crippen molar-refractivity contribution in [3.8, 4) is 11.1 Å². The zero-order valence-electron chi connectivity index (χ0n) is 14.1. The standard InChI is InChI=1S/C20H18N4O2/c21-10-13-23-20(18-6-1-2-7-19(18)24(25)26)17-5-3-4-16(14-17)15-8-11-22-12-9-15/h1-9,11-12,14H,10,13,21H2. The first-order chi connectivity index (χ1) is 12.7. The highest BCUT2D eigenvalue weighted by Gasteiger charge is 2.19. The molecule has 0 aliphatic rings. The maximum Gasteiger partial charge on any atom is 0.278 e. The summed E-state index contributed by atoms with van der Waals surface area (Å²) in [5.74, 6) is 0. The maximum absolute atomic E-state index is 11.4. The van der Waals surface area contributed by atoms with E-state index in [0.29, 0.717) is 24.4 Å². The van der Waals surface area contributed by atoms with Gasteiger partial charge in [0.05, 0.1) is 22.7 Å². The zero-order chi connectivity index (χ0) is 18.4. The molecule has 2 aromatic carbocycles. The number of hydrogen-bond acceptors (Lipinski definition) is 5. The van der Waals surface area contributed by atoms with Gasteiger partial charge in [-0.2, -0.15) is 0 Å². The molecule has 2 N–H and O–H groups in total. The van der Waals surface area contributed by atoms with Gasteiger partial charge in [-0.15, -0.1) is 0 Å². The number of nitrogens with two attached hydrogens (primary N) is 1. The van der Waals surface area contributed by atoms with Crippen molar-refractivity contribution in [3.05, 3.63) is 94.3 Å². The summed E-state index contributed by atoms with van der Waals surface area (Å²) < 4.78 is 0. The Labute approximate surface area is 151 Å². The van der Waals surface area contributed by atoms with Gasteiger partial charge in [0.15, 0.2) is 0 Å². The lowest BCUT2D eigenvalue weighted by Gasteiger charge is -2.10. The summed E-state index contributed by atoms with van der Waals surface area (Å²) in [6.45, 7) is 0.759. The molecule has 0 atom stereocenters. The summed E-state index contributed by atoms with van der Waals surface area (Å²) in [5, 5.41) is 11.4. The van der Waals surface area contributed by atoms with Crippen LogP contribution in [-0.4, -0.2) is 28.7 Å². The third-order valence-corrected chi connectivity index (χ3v) is 3.90. The van der Waals surface area contributed by atoms with Gasteiger partial charge in [0.25, 0.3) is 5.69 Å². The first-order valence-electron chi connectivity index (χ1n) is 8.20. The molecule has 1 heterocycles. The van der Waals surface area contributed by atoms with Gasteiger partial charge in [-0.3, -0.25) is 20.1 Å². The van der Waals surface area contributed by atoms with Crippen LogP contribution in [0.1, 0.15) is 11.1 Å². The van der Waals surface area contributed by atoms with E-state index in [2.05, 4.69) is 9.98 Å². The number of nitro groups is 1. The molecule has 26 heavy (non-hydrogen) atoms. The Hall–Kier alpha value is -3.38. The molecule has 0 aliphatic carbocycles. The molecule has 130 valence electrons. The number of para-hydroxylation sites is 1. The van der Waals surface area contributed by atoms with Gasteiger partial charge in [-0.1, -0.05) is 30.3 Å². The van der Waals surface area contributed by atoms with Crippen molar-refractivity contribution < 1.29 is 4.92 Å². The van der Waals surface area contributed by atoms with Crippen LogP contribution in [0.5, 0.6) is 0 Å². The van der Waals surface area contributed by atoms with Crippen LogP contribution in [0.4, 0.5) is 5.69 Å². The van der Waals surface area contributed by atoms with Crippen LogP contribution in [0.3, 0.4) is 0 Å². The van der Waals surface area contributed by atoms with Gasteiger partial charge >= 0.3 is 0 Å². The number of aromatic nitrogens is 1. The van der Waals surface area contributed by atoms with Gasteiger partial charge in [-0.05, 0) is 35.4 Å². The molecule has 6 heteroatoms. The summed E-state index contributed by atoms with van der Waals surface area (Å²) >= 11 is 0. The van der Waals surface area contributed by atoms with Crippen LogP contribution in [0, 0.1) is 10.1 Å². The summed E-state index contributed by atoms with van der Waals surface area (Å²) in [7, 11) is 0. The van der Waals surface area contributed by atoms with Gasteiger partial charge in [0.2, 0.25) is 0 Å². The molecular formula is C20H18N4O2. The van der Waals surface area contributed by atoms with Crippen molar-refractivity contribution in [2.24, 2.45) is 10.7 Å². The average molecular weight is 346 g/mol. The van der Waals surface area contributed by atoms with Crippen LogP contribution < -0.4 is 5.73 Å². The number of benzene rings is 2. The normalized spacial score (nSPS) is 11.3. The highest BCUT2D eigenvalue weighted by atomic mass is 16.6. The lowest BCUT2D eigenvalue weighted by atomic mass is 9.97. The highest BCUT2D eigenvalue weighted by molar-refractivity contribution is 6.15. The monoisotopic (exact) mass is 346 g/mol. The minimum Gasteiger partial charge on any atom is -0.329 e. The molecule has 0 spiro atoms. The van der Waals surface area contributed by atoms with E-state index in [1.54, 1.807) is 30.6 Å². The van der Waals surface area contributed by atoms with Crippen LogP contribution >= 0.6 is 0 Å². The van der Waals surface area contributed by atoms with Gasteiger partial charge in [0.1, 0.15) is 0 Å². The molecule has 0 fully saturated rings. The summed E-state index contributed by atoms with van der Waals surface area (Å²) in [4.78, 5) is 19.6. The molecule has 1 aromatic heterocycles. The second-order valence-corrected chi connectivity index (χ2v) is 5.61. The largest absolute Gasteiger partial charge is 0.329 e. The van der Waals surface area contributed by atoms with Gasteiger partial charge in [-0.25, -0.2) is 0 Å². The topological polar surface area (TPSA) is 94.4 Å². The number of nitrogens with zero attached hydrogens (tertiary/aromatic N) is 3. The number of hydrogen-bond donors (Lipinski definition) is 1. The molecular weight excluding hydrogens is 328 g/mol. The zero-order valence-corrected chi connectivity index (χ0v) is 14.1. The third-order valence-electron chi connectivity index (χ3n) is 3.90. The first-order valence-corrected chi connectivity index (χ1v) is 8.20. The minimum absolute atomic E-state index is 0.0255. The Morgan fingerprint density at radius 3 is 2.54 bits per heavy atom. The lowest BCUT2D eigenvalue weighted by Crippen LogP contribution is -2.11. The van der Waals surface area contributed by atoms with Crippen molar-refractivity contribution in [1.82, 2.24) is 4.98 Å². The highest BCUT2D eigenvalue weighted by Crippen LogP contribution is 2.25. The molecule has 0 amide bonds. The smallest absolute Gasteiger partial charge is 0.278 e. The predicted octanol–water partition coefficient (Wildman–Crippen LogP) is 3.45. The lowest BCUT2D eigenvalue weighted by molar-refractivity contribution is -0.385. The molecule has 0 saturated heterocycles. The fourth-order valence-electron chi connectivity index (χ4n) is 2.73. The third kappa shape index (κ3) is 3.81. The van der Waals surface area contributed by atoms with Crippen molar-refractivity contribution in [3.63, 3.8) is 0 Å². The van der Waals surface area contributed by atoms with Crippen molar-refractivity contribution in [2.45, 2.75) is 0 Å². The van der Waals surface area contributed by atoms with Crippen LogP contribution in [0.15, 0.2) is 78.0 Å². The summed E-state index contributed by atoms with van der Waals surface area (Å²) in [6.07, 6.45) is 3.46. The summed E-state index contributed by atoms with van der Waals surface area (Å²) in [5.41, 5.74) is 9.50. The molecule has 0 radical (unpaired) electrons. The van der Waals surface area contributed by atoms with Gasteiger partial charge in [0, 0.05) is 30.6 Å². The van der Waals surface area contributed by atoms with Gasteiger partial charge < -0.3 is 5.73 Å². The van der Waals surface area contributed by atoms with Crippen molar-refractivity contribution >= 4 is 11.4 Å². The molecule has 0 saturated carbocycles. The second kappa shape index (κ2) is 8.13. The molecule has 0 unspecified atom stereocenters. The van der Waals surface area contributed by atoms with Crippen LogP contribution in [0.2, 0.25) is 0 Å². The predicted molar refractivity (Wildman–Crippen MR) is 102 cm³/mol. The van der Waals surface area contributed by atoms with E-state index in [4.69, 9.17) is 5.73 Å². The SMILES string of the molecule is NCCN=C(c1cccc(-c2ccncc2)c1)c1ccccc1[N+](=O)[O-]. The average Bonchev–Trinajstić information content (AvgIpc) is 2.69. The Balaban J connectivity index is 2.12. The minimum atomic E-state index is -0.389. The quantitative estimate of drug-likeness (QED) is 0.420. The number of pyridine rings is 1. The Bertz CT molecular complexity index is 939. The van der Waals surface area contributed by atoms with E-state index >= 15 is 0 Å². The number of aliphatic imine (C=N–C) groups is 1. The van der Waals surface area contributed by atoms with E-state index in [-0.39, 0.29) is 10.6 Å². The van der Waals surface area contributed by atoms with Crippen LogP contribution in [0.25, 0.3) is 11.1 Å². The fraction of sp³-hybridized carbons (Fsp3) is 0.100. The van der Waals surface area contributed by atoms with Crippen LogP contribution in [-0.2, 0) is 0 Å². The molecule has 0 aliphatic heterocycles. The van der Waals surface area contributed by atoms with E-state index < -0.39 is 0 Å². The molecule has 0 bridgehead atoms. The summed E-state index contributed by atoms with van der Waals surface area (Å²) in [6, 6.07) is 18.2. The van der Waals surface area contributed by atoms with E-state index in [1.807, 2.05) is 36.4 Å². The Kier molecular flexibility index (Phi) is 5.46. The maximum atomic E-state index is 11.4. The van der Waals surface area contributed by atoms with E-state index in [9.17, 15) is 10.1 Å². The Morgan fingerprint density at radius 2 is 1.81 bits per heavy atom.